The molecule has 3 saturated carbocycles. The summed E-state index contributed by atoms with van der Waals surface area (Å²) in [5, 5.41) is 0. The lowest BCUT2D eigenvalue weighted by Crippen LogP contribution is -2.51. The summed E-state index contributed by atoms with van der Waals surface area (Å²) in [4.78, 5) is 24.5. The zero-order chi connectivity index (χ0) is 20.1. The monoisotopic (exact) mass is 384 g/mol. The van der Waals surface area contributed by atoms with Crippen LogP contribution in [0, 0.1) is 34.5 Å². The second kappa shape index (κ2) is 7.15. The van der Waals surface area contributed by atoms with Crippen LogP contribution in [0.3, 0.4) is 0 Å². The first-order valence-corrected chi connectivity index (χ1v) is 11.4. The molecule has 0 amide bonds. The topological polar surface area (TPSA) is 43.4 Å². The van der Waals surface area contributed by atoms with E-state index in [4.69, 9.17) is 4.74 Å². The van der Waals surface area contributed by atoms with Crippen LogP contribution >= 0.6 is 0 Å². The first kappa shape index (κ1) is 19.9. The number of ketones is 1. The Morgan fingerprint density at radius 1 is 1.21 bits per heavy atom. The predicted octanol–water partition coefficient (Wildman–Crippen LogP) is 5.64. The maximum Gasteiger partial charge on any atom is 0.308 e. The number of carbonyl (C=O) groups is 2. The van der Waals surface area contributed by atoms with Crippen LogP contribution in [0.4, 0.5) is 0 Å². The van der Waals surface area contributed by atoms with Crippen LogP contribution in [0.5, 0.6) is 0 Å². The molecule has 7 atom stereocenters. The van der Waals surface area contributed by atoms with Crippen molar-refractivity contribution in [2.24, 2.45) is 34.5 Å². The van der Waals surface area contributed by atoms with Crippen molar-refractivity contribution in [3.8, 4) is 0 Å². The molecule has 0 N–H and O–H groups in total. The molecule has 0 aromatic rings. The van der Waals surface area contributed by atoms with Crippen molar-refractivity contribution in [1.82, 2.24) is 0 Å². The Labute approximate surface area is 170 Å². The highest BCUT2D eigenvalue weighted by molar-refractivity contribution is 6.01. The first-order chi connectivity index (χ1) is 13.3. The van der Waals surface area contributed by atoms with Gasteiger partial charge < -0.3 is 4.74 Å². The highest BCUT2D eigenvalue weighted by Gasteiger charge is 2.59. The summed E-state index contributed by atoms with van der Waals surface area (Å²) < 4.78 is 6.11. The average molecular weight is 385 g/mol. The Hall–Kier alpha value is -1.38. The normalized spacial score (nSPS) is 42.9. The maximum absolute atomic E-state index is 12.6. The fourth-order valence-corrected chi connectivity index (χ4v) is 7.15. The number of rotatable bonds is 4. The Bertz CT molecular complexity index is 719. The molecule has 3 nitrogen and oxygen atoms in total. The van der Waals surface area contributed by atoms with E-state index in [1.54, 1.807) is 6.08 Å². The molecule has 0 radical (unpaired) electrons. The van der Waals surface area contributed by atoms with Crippen LogP contribution in [0.2, 0.25) is 0 Å². The number of hydrogen-bond acceptors (Lipinski definition) is 3. The highest BCUT2D eigenvalue weighted by Crippen LogP contribution is 2.64. The van der Waals surface area contributed by atoms with Crippen LogP contribution in [0.25, 0.3) is 0 Å². The molecule has 154 valence electrons. The van der Waals surface area contributed by atoms with Gasteiger partial charge in [0.05, 0.1) is 5.92 Å². The van der Waals surface area contributed by atoms with Crippen LogP contribution in [0.1, 0.15) is 79.1 Å². The zero-order valence-electron chi connectivity index (χ0n) is 18.0. The lowest BCUT2D eigenvalue weighted by molar-refractivity contribution is -0.163. The standard InChI is InChI=1S/C25H36O3/c1-5-6-16(2)23(27)28-22-10-9-20-19-8-7-17-15-18(26)11-13-24(17,3)21(19)12-14-25(20,22)4/h11,13,15-16,19-22H,5-10,12,14H2,1-4H3/t16?,19-,20-,21-,22+,24-,25-/m0/s1. The molecule has 28 heavy (non-hydrogen) atoms. The molecular weight excluding hydrogens is 348 g/mol. The van der Waals surface area contributed by atoms with Crippen molar-refractivity contribution in [1.29, 1.82) is 0 Å². The van der Waals surface area contributed by atoms with Gasteiger partial charge >= 0.3 is 5.97 Å². The third kappa shape index (κ3) is 3.00. The van der Waals surface area contributed by atoms with Crippen molar-refractivity contribution in [3.05, 3.63) is 23.8 Å². The molecule has 0 spiro atoms. The molecule has 0 aromatic carbocycles. The Kier molecular flexibility index (Phi) is 5.08. The lowest BCUT2D eigenvalue weighted by atomic mass is 9.48. The van der Waals surface area contributed by atoms with Gasteiger partial charge in [-0.25, -0.2) is 0 Å². The number of carbonyl (C=O) groups excluding carboxylic acids is 2. The van der Waals surface area contributed by atoms with Crippen LogP contribution in [-0.4, -0.2) is 17.9 Å². The van der Waals surface area contributed by atoms with E-state index >= 15 is 0 Å². The Morgan fingerprint density at radius 2 is 2.00 bits per heavy atom. The minimum Gasteiger partial charge on any atom is -0.462 e. The molecule has 1 unspecified atom stereocenters. The molecular formula is C25H36O3. The zero-order valence-corrected chi connectivity index (χ0v) is 18.0. The fourth-order valence-electron chi connectivity index (χ4n) is 7.15. The quantitative estimate of drug-likeness (QED) is 0.589. The van der Waals surface area contributed by atoms with Gasteiger partial charge in [-0.1, -0.05) is 45.8 Å². The minimum absolute atomic E-state index is 0.00500. The molecule has 0 bridgehead atoms. The fraction of sp³-hybridized carbons (Fsp3) is 0.760. The molecule has 3 fully saturated rings. The van der Waals surface area contributed by atoms with E-state index in [9.17, 15) is 9.59 Å². The van der Waals surface area contributed by atoms with E-state index in [-0.39, 0.29) is 34.6 Å². The molecule has 3 heteroatoms. The van der Waals surface area contributed by atoms with Crippen LogP contribution < -0.4 is 0 Å². The number of ether oxygens (including phenoxy) is 1. The van der Waals surface area contributed by atoms with Gasteiger partial charge in [0.15, 0.2) is 5.78 Å². The Morgan fingerprint density at radius 3 is 2.75 bits per heavy atom. The number of allylic oxidation sites excluding steroid dienone is 4. The van der Waals surface area contributed by atoms with E-state index in [0.717, 1.165) is 32.1 Å². The van der Waals surface area contributed by atoms with Crippen molar-refractivity contribution in [3.63, 3.8) is 0 Å². The number of hydrogen-bond donors (Lipinski definition) is 0. The molecule has 4 rings (SSSR count). The second-order valence-corrected chi connectivity index (χ2v) is 10.3. The summed E-state index contributed by atoms with van der Waals surface area (Å²) in [5.41, 5.74) is 1.51. The lowest BCUT2D eigenvalue weighted by Gasteiger charge is -2.56. The van der Waals surface area contributed by atoms with Crippen molar-refractivity contribution in [2.75, 3.05) is 0 Å². The van der Waals surface area contributed by atoms with Gasteiger partial charge in [-0.05, 0) is 74.9 Å². The summed E-state index contributed by atoms with van der Waals surface area (Å²) in [5.74, 6) is 2.09. The van der Waals surface area contributed by atoms with Gasteiger partial charge in [0.1, 0.15) is 6.10 Å². The van der Waals surface area contributed by atoms with E-state index in [0.29, 0.717) is 17.8 Å². The molecule has 0 heterocycles. The summed E-state index contributed by atoms with van der Waals surface area (Å²) in [7, 11) is 0. The predicted molar refractivity (Wildman–Crippen MR) is 111 cm³/mol. The summed E-state index contributed by atoms with van der Waals surface area (Å²) in [6.45, 7) is 8.86. The smallest absolute Gasteiger partial charge is 0.308 e. The third-order valence-corrected chi connectivity index (χ3v) is 8.85. The SMILES string of the molecule is CCCC(C)C(=O)O[C@@H]1CC[C@H]2[C@@H]3CCC4=CC(=O)C=C[C@]4(C)[C@H]3CC[C@]12C. The third-order valence-electron chi connectivity index (χ3n) is 8.85. The molecule has 4 aliphatic carbocycles. The van der Waals surface area contributed by atoms with Gasteiger partial charge in [0, 0.05) is 10.8 Å². The van der Waals surface area contributed by atoms with Crippen molar-refractivity contribution >= 4 is 11.8 Å². The van der Waals surface area contributed by atoms with Gasteiger partial charge in [-0.2, -0.15) is 0 Å². The van der Waals surface area contributed by atoms with Crippen molar-refractivity contribution in [2.45, 2.75) is 85.2 Å². The van der Waals surface area contributed by atoms with Gasteiger partial charge in [0.2, 0.25) is 0 Å². The largest absolute Gasteiger partial charge is 0.462 e. The average Bonchev–Trinajstić information content (AvgIpc) is 2.99. The van der Waals surface area contributed by atoms with E-state index < -0.39 is 0 Å². The number of esters is 1. The van der Waals surface area contributed by atoms with E-state index in [1.807, 2.05) is 13.0 Å². The van der Waals surface area contributed by atoms with Gasteiger partial charge in [-0.3, -0.25) is 9.59 Å². The summed E-state index contributed by atoms with van der Waals surface area (Å²) >= 11 is 0. The second-order valence-electron chi connectivity index (χ2n) is 10.3. The number of fused-ring (bicyclic) bond motifs is 5. The van der Waals surface area contributed by atoms with Crippen molar-refractivity contribution < 1.29 is 14.3 Å². The first-order valence-electron chi connectivity index (χ1n) is 11.4. The van der Waals surface area contributed by atoms with Crippen LogP contribution in [0.15, 0.2) is 23.8 Å². The molecule has 0 aromatic heterocycles. The van der Waals surface area contributed by atoms with E-state index in [1.165, 1.54) is 24.8 Å². The highest BCUT2D eigenvalue weighted by atomic mass is 16.5. The van der Waals surface area contributed by atoms with E-state index in [2.05, 4.69) is 26.8 Å². The van der Waals surface area contributed by atoms with Crippen LogP contribution in [-0.2, 0) is 14.3 Å². The molecule has 0 aliphatic heterocycles. The summed E-state index contributed by atoms with van der Waals surface area (Å²) in [6.07, 6.45) is 14.6. The van der Waals surface area contributed by atoms with Gasteiger partial charge in [0.25, 0.3) is 0 Å². The summed E-state index contributed by atoms with van der Waals surface area (Å²) in [6, 6.07) is 0. The Balaban J connectivity index is 1.52. The van der Waals surface area contributed by atoms with Gasteiger partial charge in [-0.15, -0.1) is 0 Å². The molecule has 0 saturated heterocycles. The maximum atomic E-state index is 12.6. The molecule has 4 aliphatic rings. The minimum atomic E-state index is 0.00500.